The van der Waals surface area contributed by atoms with Crippen molar-refractivity contribution < 1.29 is 17.7 Å². The average Bonchev–Trinajstić information content (AvgIpc) is 2.55. The van der Waals surface area contributed by atoms with Crippen LogP contribution in [0, 0.1) is 6.92 Å². The van der Waals surface area contributed by atoms with Crippen LogP contribution in [-0.2, 0) is 19.3 Å². The summed E-state index contributed by atoms with van der Waals surface area (Å²) in [5.41, 5.74) is -0.0946. The van der Waals surface area contributed by atoms with E-state index in [4.69, 9.17) is 9.31 Å². The van der Waals surface area contributed by atoms with E-state index in [-0.39, 0.29) is 4.90 Å². The van der Waals surface area contributed by atoms with Gasteiger partial charge in [0.2, 0.25) is 10.0 Å². The van der Waals surface area contributed by atoms with Crippen LogP contribution in [0.25, 0.3) is 0 Å². The molecule has 2 rings (SSSR count). The average molecular weight is 353 g/mol. The summed E-state index contributed by atoms with van der Waals surface area (Å²) in [7, 11) is -4.20. The monoisotopic (exact) mass is 353 g/mol. The molecule has 1 saturated heterocycles. The van der Waals surface area contributed by atoms with Crippen molar-refractivity contribution in [2.75, 3.05) is 0 Å². The Labute approximate surface area is 146 Å². The van der Waals surface area contributed by atoms with E-state index in [0.717, 1.165) is 0 Å². The number of sulfonamides is 1. The van der Waals surface area contributed by atoms with Crippen LogP contribution < -0.4 is 10.2 Å². The van der Waals surface area contributed by atoms with Gasteiger partial charge in [-0.25, -0.2) is 13.1 Å². The van der Waals surface area contributed by atoms with Gasteiger partial charge in [0.1, 0.15) is 0 Å². The number of benzene rings is 1. The lowest BCUT2D eigenvalue weighted by Crippen LogP contribution is -2.41. The largest absolute Gasteiger partial charge is 0.494 e. The van der Waals surface area contributed by atoms with Crippen molar-refractivity contribution in [3.05, 3.63) is 23.8 Å². The number of hydrogen-bond acceptors (Lipinski definition) is 4. The summed E-state index contributed by atoms with van der Waals surface area (Å²) in [4.78, 5) is 0.254. The molecule has 0 spiro atoms. The summed E-state index contributed by atoms with van der Waals surface area (Å²) in [5, 5.41) is 0. The number of rotatable bonds is 3. The summed E-state index contributed by atoms with van der Waals surface area (Å²) in [5.74, 6) is 0. The molecule has 0 aromatic heterocycles. The fraction of sp³-hybridized carbons (Fsp3) is 0.647. The molecular weight excluding hydrogens is 325 g/mol. The highest BCUT2D eigenvalue weighted by Gasteiger charge is 2.51. The van der Waals surface area contributed by atoms with Gasteiger partial charge >= 0.3 is 7.12 Å². The van der Waals surface area contributed by atoms with Gasteiger partial charge in [0.15, 0.2) is 0 Å². The van der Waals surface area contributed by atoms with Crippen molar-refractivity contribution in [2.45, 2.75) is 77.0 Å². The third-order valence-corrected chi connectivity index (χ3v) is 6.37. The van der Waals surface area contributed by atoms with Gasteiger partial charge in [0, 0.05) is 5.54 Å². The Morgan fingerprint density at radius 1 is 1.04 bits per heavy atom. The van der Waals surface area contributed by atoms with Crippen molar-refractivity contribution >= 4 is 22.6 Å². The topological polar surface area (TPSA) is 64.6 Å². The Balaban J connectivity index is 2.41. The number of nitrogens with one attached hydrogen (secondary N) is 1. The zero-order chi connectivity index (χ0) is 18.6. The molecule has 0 aliphatic carbocycles. The molecule has 1 aromatic carbocycles. The predicted molar refractivity (Wildman–Crippen MR) is 97.0 cm³/mol. The van der Waals surface area contributed by atoms with Crippen molar-refractivity contribution in [1.29, 1.82) is 0 Å². The minimum absolute atomic E-state index is 0.254. The second kappa shape index (κ2) is 5.83. The summed E-state index contributed by atoms with van der Waals surface area (Å²) < 4.78 is 40.1. The molecule has 1 N–H and O–H groups in total. The maximum Gasteiger partial charge on any atom is 0.494 e. The molecule has 0 saturated carbocycles. The van der Waals surface area contributed by atoms with Gasteiger partial charge < -0.3 is 9.31 Å². The van der Waals surface area contributed by atoms with E-state index in [0.29, 0.717) is 11.0 Å². The maximum absolute atomic E-state index is 12.7. The lowest BCUT2D eigenvalue weighted by molar-refractivity contribution is 0.00578. The molecule has 24 heavy (non-hydrogen) atoms. The van der Waals surface area contributed by atoms with E-state index >= 15 is 0 Å². The molecule has 1 aliphatic heterocycles. The molecule has 0 unspecified atom stereocenters. The van der Waals surface area contributed by atoms with Gasteiger partial charge in [-0.05, 0) is 72.5 Å². The second-order valence-electron chi connectivity index (χ2n) is 8.47. The lowest BCUT2D eigenvalue weighted by Gasteiger charge is -2.32. The zero-order valence-electron chi connectivity index (χ0n) is 15.9. The molecule has 0 bridgehead atoms. The van der Waals surface area contributed by atoms with Crippen molar-refractivity contribution in [1.82, 2.24) is 4.72 Å². The molecule has 1 fully saturated rings. The SMILES string of the molecule is Cc1ccc(B2OC(C)(C)C(C)(C)O2)cc1S(=O)(=O)NC(C)(C)C. The summed E-state index contributed by atoms with van der Waals surface area (Å²) in [6.07, 6.45) is 0. The smallest absolute Gasteiger partial charge is 0.399 e. The Hall–Kier alpha value is -0.885. The van der Waals surface area contributed by atoms with Gasteiger partial charge in [-0.1, -0.05) is 12.1 Å². The van der Waals surface area contributed by atoms with Crippen molar-refractivity contribution in [2.24, 2.45) is 0 Å². The normalized spacial score (nSPS) is 20.4. The van der Waals surface area contributed by atoms with Gasteiger partial charge in [-0.2, -0.15) is 0 Å². The molecule has 7 heteroatoms. The summed E-state index contributed by atoms with van der Waals surface area (Å²) in [6.45, 7) is 15.1. The lowest BCUT2D eigenvalue weighted by atomic mass is 9.79. The zero-order valence-corrected chi connectivity index (χ0v) is 16.7. The molecule has 5 nitrogen and oxygen atoms in total. The molecule has 0 atom stereocenters. The van der Waals surface area contributed by atoms with Crippen LogP contribution in [-0.4, -0.2) is 32.3 Å². The first-order valence-corrected chi connectivity index (χ1v) is 9.63. The summed E-state index contributed by atoms with van der Waals surface area (Å²) in [6, 6.07) is 5.29. The van der Waals surface area contributed by atoms with Crippen molar-refractivity contribution in [3.63, 3.8) is 0 Å². The molecule has 1 aromatic rings. The van der Waals surface area contributed by atoms with Gasteiger partial charge in [0.05, 0.1) is 16.1 Å². The van der Waals surface area contributed by atoms with Crippen LogP contribution in [0.3, 0.4) is 0 Å². The van der Waals surface area contributed by atoms with E-state index < -0.39 is 33.9 Å². The Kier molecular flexibility index (Phi) is 4.72. The molecular formula is C17H28BNO4S. The first-order valence-electron chi connectivity index (χ1n) is 8.15. The van der Waals surface area contributed by atoms with Gasteiger partial charge in [-0.15, -0.1) is 0 Å². The highest BCUT2D eigenvalue weighted by molar-refractivity contribution is 7.89. The van der Waals surface area contributed by atoms with Crippen LogP contribution in [0.4, 0.5) is 0 Å². The Morgan fingerprint density at radius 2 is 1.54 bits per heavy atom. The number of hydrogen-bond donors (Lipinski definition) is 1. The maximum atomic E-state index is 12.7. The van der Waals surface area contributed by atoms with Gasteiger partial charge in [-0.3, -0.25) is 0 Å². The first kappa shape index (κ1) is 19.4. The minimum Gasteiger partial charge on any atom is -0.399 e. The molecule has 0 amide bonds. The van der Waals surface area contributed by atoms with Crippen molar-refractivity contribution in [3.8, 4) is 0 Å². The van der Waals surface area contributed by atoms with E-state index in [2.05, 4.69) is 4.72 Å². The van der Waals surface area contributed by atoms with E-state index in [1.807, 2.05) is 54.5 Å². The number of aryl methyl sites for hydroxylation is 1. The predicted octanol–water partition coefficient (Wildman–Crippen LogP) is 2.37. The Bertz CT molecular complexity index is 719. The van der Waals surface area contributed by atoms with Crippen LogP contribution in [0.5, 0.6) is 0 Å². The Morgan fingerprint density at radius 3 is 2.00 bits per heavy atom. The second-order valence-corrected chi connectivity index (χ2v) is 10.1. The van der Waals surface area contributed by atoms with Gasteiger partial charge in [0.25, 0.3) is 0 Å². The highest BCUT2D eigenvalue weighted by atomic mass is 32.2. The van der Waals surface area contributed by atoms with E-state index in [1.54, 1.807) is 19.1 Å². The highest BCUT2D eigenvalue weighted by Crippen LogP contribution is 2.36. The molecule has 134 valence electrons. The fourth-order valence-electron chi connectivity index (χ4n) is 2.49. The standard InChI is InChI=1S/C17H28BNO4S/c1-12-9-10-13(18-22-16(5,6)17(7,8)23-18)11-14(12)24(20,21)19-15(2,3)4/h9-11,19H,1-8H3. The van der Waals surface area contributed by atoms with E-state index in [9.17, 15) is 8.42 Å². The molecule has 1 aliphatic rings. The van der Waals surface area contributed by atoms with Crippen LogP contribution >= 0.6 is 0 Å². The van der Waals surface area contributed by atoms with E-state index in [1.165, 1.54) is 0 Å². The first-order chi connectivity index (χ1) is 10.6. The molecule has 1 heterocycles. The quantitative estimate of drug-likeness (QED) is 0.848. The minimum atomic E-state index is -3.62. The third-order valence-electron chi connectivity index (χ3n) is 4.47. The van der Waals surface area contributed by atoms with Crippen LogP contribution in [0.15, 0.2) is 23.1 Å². The third kappa shape index (κ3) is 3.85. The van der Waals surface area contributed by atoms with Crippen LogP contribution in [0.2, 0.25) is 0 Å². The molecule has 0 radical (unpaired) electrons. The van der Waals surface area contributed by atoms with Crippen LogP contribution in [0.1, 0.15) is 54.0 Å². The summed E-state index contributed by atoms with van der Waals surface area (Å²) >= 11 is 0. The fourth-order valence-corrected chi connectivity index (χ4v) is 4.19.